The molecule has 1 saturated heterocycles. The van der Waals surface area contributed by atoms with E-state index in [0.717, 1.165) is 36.3 Å². The van der Waals surface area contributed by atoms with Crippen LogP contribution in [0.4, 0.5) is 0 Å². The summed E-state index contributed by atoms with van der Waals surface area (Å²) < 4.78 is 11.0. The molecule has 0 aliphatic carbocycles. The van der Waals surface area contributed by atoms with Crippen LogP contribution in [0.5, 0.6) is 5.88 Å². The first kappa shape index (κ1) is 16.4. The molecule has 24 heavy (non-hydrogen) atoms. The highest BCUT2D eigenvalue weighted by molar-refractivity contribution is 5.79. The number of piperidine rings is 1. The molecule has 1 aliphatic heterocycles. The normalized spacial score (nSPS) is 17.8. The highest BCUT2D eigenvalue weighted by Crippen LogP contribution is 2.19. The third-order valence-electron chi connectivity index (χ3n) is 4.30. The number of amides is 1. The van der Waals surface area contributed by atoms with Gasteiger partial charge in [-0.1, -0.05) is 5.16 Å². The number of ether oxygens (including phenoxy) is 1. The molecule has 2 aromatic rings. The number of rotatable bonds is 4. The van der Waals surface area contributed by atoms with Crippen LogP contribution < -0.4 is 4.74 Å². The number of hydrogen-bond donors (Lipinski definition) is 0. The van der Waals surface area contributed by atoms with E-state index in [4.69, 9.17) is 9.26 Å². The van der Waals surface area contributed by atoms with Crippen molar-refractivity contribution in [1.29, 1.82) is 0 Å². The number of likely N-dealkylation sites (tertiary alicyclic amines) is 1. The van der Waals surface area contributed by atoms with Crippen LogP contribution in [0.1, 0.15) is 35.6 Å². The first-order valence-corrected chi connectivity index (χ1v) is 8.19. The molecule has 0 spiro atoms. The standard InChI is InChI=1S/C17H22N4O3/c1-11-6-7-16(19-18-11)23-14-5-4-8-21(10-14)17(22)9-15-12(2)20-24-13(15)3/h6-7,14H,4-5,8-10H2,1-3H3/t14-/m1/s1. The van der Waals surface area contributed by atoms with Crippen molar-refractivity contribution in [3.05, 3.63) is 34.8 Å². The molecular weight excluding hydrogens is 308 g/mol. The number of carbonyl (C=O) groups is 1. The Morgan fingerprint density at radius 1 is 1.33 bits per heavy atom. The van der Waals surface area contributed by atoms with Gasteiger partial charge in [-0.3, -0.25) is 4.79 Å². The predicted octanol–water partition coefficient (Wildman–Crippen LogP) is 2.00. The highest BCUT2D eigenvalue weighted by Gasteiger charge is 2.26. The number of aromatic nitrogens is 3. The summed E-state index contributed by atoms with van der Waals surface area (Å²) in [7, 11) is 0. The molecule has 7 nitrogen and oxygen atoms in total. The third-order valence-corrected chi connectivity index (χ3v) is 4.30. The van der Waals surface area contributed by atoms with Crippen LogP contribution in [-0.2, 0) is 11.2 Å². The number of carbonyl (C=O) groups excluding carboxylic acids is 1. The maximum Gasteiger partial charge on any atom is 0.233 e. The Balaban J connectivity index is 1.60. The zero-order chi connectivity index (χ0) is 17.1. The molecule has 0 aromatic carbocycles. The van der Waals surface area contributed by atoms with Gasteiger partial charge in [0.15, 0.2) is 0 Å². The molecule has 3 heterocycles. The van der Waals surface area contributed by atoms with E-state index < -0.39 is 0 Å². The summed E-state index contributed by atoms with van der Waals surface area (Å²) in [5.74, 6) is 1.29. The lowest BCUT2D eigenvalue weighted by molar-refractivity contribution is -0.133. The molecule has 0 N–H and O–H groups in total. The molecule has 1 aliphatic rings. The van der Waals surface area contributed by atoms with Gasteiger partial charge in [0.05, 0.1) is 24.4 Å². The molecule has 7 heteroatoms. The monoisotopic (exact) mass is 330 g/mol. The summed E-state index contributed by atoms with van der Waals surface area (Å²) >= 11 is 0. The Kier molecular flexibility index (Phi) is 4.78. The lowest BCUT2D eigenvalue weighted by Crippen LogP contribution is -2.45. The fourth-order valence-electron chi connectivity index (χ4n) is 2.90. The Bertz CT molecular complexity index is 692. The fraction of sp³-hybridized carbons (Fsp3) is 0.529. The van der Waals surface area contributed by atoms with Crippen molar-refractivity contribution in [2.75, 3.05) is 13.1 Å². The summed E-state index contributed by atoms with van der Waals surface area (Å²) in [5.41, 5.74) is 2.51. The molecule has 1 atom stereocenters. The van der Waals surface area contributed by atoms with Crippen molar-refractivity contribution in [1.82, 2.24) is 20.3 Å². The summed E-state index contributed by atoms with van der Waals surface area (Å²) in [6, 6.07) is 3.68. The van der Waals surface area contributed by atoms with Crippen molar-refractivity contribution in [2.24, 2.45) is 0 Å². The highest BCUT2D eigenvalue weighted by atomic mass is 16.5. The Hall–Kier alpha value is -2.44. The van der Waals surface area contributed by atoms with Gasteiger partial charge in [-0.05, 0) is 39.7 Å². The lowest BCUT2D eigenvalue weighted by Gasteiger charge is -2.32. The lowest BCUT2D eigenvalue weighted by atomic mass is 10.1. The summed E-state index contributed by atoms with van der Waals surface area (Å²) in [5, 5.41) is 11.9. The van der Waals surface area contributed by atoms with Crippen LogP contribution in [0.15, 0.2) is 16.7 Å². The molecule has 2 aromatic heterocycles. The van der Waals surface area contributed by atoms with Gasteiger partial charge >= 0.3 is 0 Å². The second-order valence-electron chi connectivity index (χ2n) is 6.21. The number of aryl methyl sites for hydroxylation is 3. The third kappa shape index (κ3) is 3.72. The maximum atomic E-state index is 12.6. The molecule has 3 rings (SSSR count). The molecule has 0 unspecified atom stereocenters. The number of hydrogen-bond acceptors (Lipinski definition) is 6. The van der Waals surface area contributed by atoms with Crippen molar-refractivity contribution in [3.8, 4) is 5.88 Å². The van der Waals surface area contributed by atoms with Crippen LogP contribution in [0.3, 0.4) is 0 Å². The van der Waals surface area contributed by atoms with Gasteiger partial charge in [0.2, 0.25) is 11.8 Å². The molecule has 1 amide bonds. The minimum atomic E-state index is -0.0515. The van der Waals surface area contributed by atoms with Crippen molar-refractivity contribution in [3.63, 3.8) is 0 Å². The largest absolute Gasteiger partial charge is 0.471 e. The Morgan fingerprint density at radius 3 is 2.83 bits per heavy atom. The molecule has 128 valence electrons. The van der Waals surface area contributed by atoms with Gasteiger partial charge in [-0.2, -0.15) is 5.10 Å². The van der Waals surface area contributed by atoms with E-state index in [9.17, 15) is 4.79 Å². The maximum absolute atomic E-state index is 12.6. The van der Waals surface area contributed by atoms with Gasteiger partial charge in [-0.25, -0.2) is 0 Å². The van der Waals surface area contributed by atoms with E-state index >= 15 is 0 Å². The van der Waals surface area contributed by atoms with E-state index in [1.807, 2.05) is 37.8 Å². The summed E-state index contributed by atoms with van der Waals surface area (Å²) in [6.07, 6.45) is 2.09. The van der Waals surface area contributed by atoms with E-state index in [1.165, 1.54) is 0 Å². The van der Waals surface area contributed by atoms with E-state index in [2.05, 4.69) is 15.4 Å². The van der Waals surface area contributed by atoms with Crippen LogP contribution in [-0.4, -0.2) is 45.4 Å². The zero-order valence-electron chi connectivity index (χ0n) is 14.3. The summed E-state index contributed by atoms with van der Waals surface area (Å²) in [4.78, 5) is 14.4. The SMILES string of the molecule is Cc1ccc(O[C@@H]2CCCN(C(=O)Cc3c(C)noc3C)C2)nn1. The first-order valence-electron chi connectivity index (χ1n) is 8.19. The van der Waals surface area contributed by atoms with E-state index in [-0.39, 0.29) is 12.0 Å². The number of nitrogens with zero attached hydrogens (tertiary/aromatic N) is 4. The van der Waals surface area contributed by atoms with Crippen molar-refractivity contribution < 1.29 is 14.1 Å². The molecular formula is C17H22N4O3. The van der Waals surface area contributed by atoms with E-state index in [1.54, 1.807) is 0 Å². The quantitative estimate of drug-likeness (QED) is 0.853. The van der Waals surface area contributed by atoms with E-state index in [0.29, 0.717) is 24.6 Å². The van der Waals surface area contributed by atoms with Gasteiger partial charge in [0.1, 0.15) is 11.9 Å². The molecule has 0 bridgehead atoms. The summed E-state index contributed by atoms with van der Waals surface area (Å²) in [6.45, 7) is 6.89. The van der Waals surface area contributed by atoms with Gasteiger partial charge in [0, 0.05) is 18.2 Å². The van der Waals surface area contributed by atoms with Gasteiger partial charge in [-0.15, -0.1) is 5.10 Å². The first-order chi connectivity index (χ1) is 11.5. The van der Waals surface area contributed by atoms with Crippen LogP contribution in [0.2, 0.25) is 0 Å². The minimum absolute atomic E-state index is 0.0515. The second kappa shape index (κ2) is 6.98. The predicted molar refractivity (Wildman–Crippen MR) is 86.7 cm³/mol. The fourth-order valence-corrected chi connectivity index (χ4v) is 2.90. The molecule has 1 fully saturated rings. The van der Waals surface area contributed by atoms with Crippen molar-refractivity contribution >= 4 is 5.91 Å². The van der Waals surface area contributed by atoms with Gasteiger partial charge < -0.3 is 14.2 Å². The Morgan fingerprint density at radius 2 is 2.17 bits per heavy atom. The molecule has 0 radical (unpaired) electrons. The second-order valence-corrected chi connectivity index (χ2v) is 6.21. The Labute approximate surface area is 141 Å². The van der Waals surface area contributed by atoms with Crippen LogP contribution in [0, 0.1) is 20.8 Å². The average Bonchev–Trinajstić information content (AvgIpc) is 2.89. The smallest absolute Gasteiger partial charge is 0.233 e. The van der Waals surface area contributed by atoms with Crippen LogP contribution in [0.25, 0.3) is 0 Å². The molecule has 0 saturated carbocycles. The minimum Gasteiger partial charge on any atom is -0.471 e. The average molecular weight is 330 g/mol. The van der Waals surface area contributed by atoms with Crippen molar-refractivity contribution in [2.45, 2.75) is 46.1 Å². The van der Waals surface area contributed by atoms with Gasteiger partial charge in [0.25, 0.3) is 0 Å². The van der Waals surface area contributed by atoms with Crippen LogP contribution >= 0.6 is 0 Å². The topological polar surface area (TPSA) is 81.4 Å². The zero-order valence-corrected chi connectivity index (χ0v) is 14.3.